The fraction of sp³-hybridized carbons (Fsp3) is 0.971. The number of carbonyl (C=O) groups excluding carboxylic acids is 1. The predicted molar refractivity (Wildman–Crippen MR) is 150 cm³/mol. The van der Waals surface area contributed by atoms with Crippen molar-refractivity contribution in [1.82, 2.24) is 0 Å². The van der Waals surface area contributed by atoms with Gasteiger partial charge in [0.05, 0.1) is 23.7 Å². The Labute approximate surface area is 236 Å². The van der Waals surface area contributed by atoms with Gasteiger partial charge in [0, 0.05) is 6.42 Å². The molecule has 0 amide bonds. The zero-order chi connectivity index (χ0) is 28.1. The van der Waals surface area contributed by atoms with Crippen molar-refractivity contribution < 1.29 is 23.7 Å². The van der Waals surface area contributed by atoms with Crippen LogP contribution in [-0.2, 0) is 23.7 Å². The summed E-state index contributed by atoms with van der Waals surface area (Å²) in [4.78, 5) is 14.2. The quantitative estimate of drug-likeness (QED) is 0.377. The van der Waals surface area contributed by atoms with Crippen LogP contribution in [0.15, 0.2) is 0 Å². The molecule has 5 nitrogen and oxygen atoms in total. The molecule has 2 heterocycles. The number of rotatable bonds is 4. The molecule has 5 heteroatoms. The molecular weight excluding hydrogens is 488 g/mol. The molecule has 1 unspecified atom stereocenters. The minimum atomic E-state index is -0.571. The van der Waals surface area contributed by atoms with E-state index in [1.807, 2.05) is 13.8 Å². The molecular formula is C34H54O5. The standard InChI is InChI=1S/C34H54O5/c1-18(2)19(3)27-28(38-29(5,6)37-27)20(4)22-11-12-23-21-15-25(35)33-17-34(33)26(36-30(7,8)39-34)16-32(33,10)24(21)13-14-31(22,23)9/h18-24,26-28H,11-17H2,1-10H3/t19-,20-,21-,22+,23-,24-,26?,27+,28+,31+,32+,33-,34-/m0/s1. The van der Waals surface area contributed by atoms with Crippen molar-refractivity contribution in [3.63, 3.8) is 0 Å². The Hall–Kier alpha value is -0.490. The second-order valence-electron chi connectivity index (χ2n) is 17.0. The molecule has 0 N–H and O–H groups in total. The van der Waals surface area contributed by atoms with E-state index >= 15 is 0 Å². The molecule has 2 spiro atoms. The monoisotopic (exact) mass is 542 g/mol. The Kier molecular flexibility index (Phi) is 5.55. The van der Waals surface area contributed by atoms with E-state index in [1.54, 1.807) is 0 Å². The summed E-state index contributed by atoms with van der Waals surface area (Å²) in [6.45, 7) is 22.7. The second kappa shape index (κ2) is 7.91. The second-order valence-corrected chi connectivity index (χ2v) is 17.0. The highest BCUT2D eigenvalue weighted by molar-refractivity contribution is 5.93. The highest BCUT2D eigenvalue weighted by Gasteiger charge is 2.92. The average molecular weight is 543 g/mol. The third-order valence-electron chi connectivity index (χ3n) is 14.2. The summed E-state index contributed by atoms with van der Waals surface area (Å²) in [5.74, 6) is 3.16. The maximum atomic E-state index is 14.2. The van der Waals surface area contributed by atoms with Crippen LogP contribution in [0.1, 0.15) is 114 Å². The molecule has 220 valence electrons. The normalized spacial score (nSPS) is 56.0. The van der Waals surface area contributed by atoms with Gasteiger partial charge in [0.15, 0.2) is 11.6 Å². The van der Waals surface area contributed by atoms with Gasteiger partial charge in [-0.25, -0.2) is 0 Å². The lowest BCUT2D eigenvalue weighted by molar-refractivity contribution is -0.187. The van der Waals surface area contributed by atoms with Crippen molar-refractivity contribution in [2.45, 2.75) is 150 Å². The Morgan fingerprint density at radius 3 is 2.21 bits per heavy atom. The van der Waals surface area contributed by atoms with Gasteiger partial charge in [-0.15, -0.1) is 0 Å². The molecule has 0 aromatic carbocycles. The van der Waals surface area contributed by atoms with Crippen LogP contribution in [0.3, 0.4) is 0 Å². The minimum absolute atomic E-state index is 0.00339. The molecule has 0 aromatic rings. The van der Waals surface area contributed by atoms with Crippen molar-refractivity contribution in [3.8, 4) is 0 Å². The number of carbonyl (C=O) groups is 1. The van der Waals surface area contributed by atoms with E-state index in [4.69, 9.17) is 18.9 Å². The summed E-state index contributed by atoms with van der Waals surface area (Å²) in [5.41, 5.74) is -0.396. The maximum absolute atomic E-state index is 14.2. The Bertz CT molecular complexity index is 1070. The van der Waals surface area contributed by atoms with Crippen molar-refractivity contribution in [3.05, 3.63) is 0 Å². The zero-order valence-corrected chi connectivity index (χ0v) is 26.3. The predicted octanol–water partition coefficient (Wildman–Crippen LogP) is 7.16. The van der Waals surface area contributed by atoms with E-state index in [9.17, 15) is 4.79 Å². The largest absolute Gasteiger partial charge is 0.344 e. The minimum Gasteiger partial charge on any atom is -0.344 e. The maximum Gasteiger partial charge on any atom is 0.164 e. The first kappa shape index (κ1) is 27.3. The van der Waals surface area contributed by atoms with Crippen LogP contribution >= 0.6 is 0 Å². The lowest BCUT2D eigenvalue weighted by Crippen LogP contribution is -2.56. The van der Waals surface area contributed by atoms with Gasteiger partial charge in [0.25, 0.3) is 0 Å². The molecule has 0 bridgehead atoms. The smallest absolute Gasteiger partial charge is 0.164 e. The van der Waals surface area contributed by atoms with Gasteiger partial charge >= 0.3 is 0 Å². The third-order valence-corrected chi connectivity index (χ3v) is 14.2. The van der Waals surface area contributed by atoms with Crippen molar-refractivity contribution in [2.75, 3.05) is 0 Å². The first-order valence-electron chi connectivity index (χ1n) is 16.3. The molecule has 5 saturated carbocycles. The summed E-state index contributed by atoms with van der Waals surface area (Å²) < 4.78 is 26.4. The van der Waals surface area contributed by atoms with Crippen molar-refractivity contribution in [2.24, 2.45) is 57.7 Å². The molecule has 7 rings (SSSR count). The summed E-state index contributed by atoms with van der Waals surface area (Å²) in [6, 6.07) is 0. The Morgan fingerprint density at radius 1 is 0.821 bits per heavy atom. The average Bonchev–Trinajstić information content (AvgIpc) is 3.00. The van der Waals surface area contributed by atoms with E-state index in [-0.39, 0.29) is 40.2 Å². The van der Waals surface area contributed by atoms with Crippen LogP contribution in [0.2, 0.25) is 0 Å². The van der Waals surface area contributed by atoms with Gasteiger partial charge in [0.2, 0.25) is 0 Å². The number of fused-ring (bicyclic) bond motifs is 4. The Balaban J connectivity index is 1.15. The number of hydrogen-bond donors (Lipinski definition) is 0. The van der Waals surface area contributed by atoms with Crippen LogP contribution in [0.25, 0.3) is 0 Å². The molecule has 7 aliphatic rings. The highest BCUT2D eigenvalue weighted by Crippen LogP contribution is 2.85. The van der Waals surface area contributed by atoms with E-state index in [0.717, 1.165) is 19.3 Å². The van der Waals surface area contributed by atoms with Gasteiger partial charge in [-0.3, -0.25) is 4.79 Å². The molecule has 13 atom stereocenters. The van der Waals surface area contributed by atoms with Gasteiger partial charge in [-0.1, -0.05) is 41.5 Å². The Morgan fingerprint density at radius 2 is 1.51 bits per heavy atom. The van der Waals surface area contributed by atoms with Crippen LogP contribution in [0, 0.1) is 57.7 Å². The highest BCUT2D eigenvalue weighted by atomic mass is 16.8. The molecule has 0 radical (unpaired) electrons. The van der Waals surface area contributed by atoms with E-state index in [2.05, 4.69) is 55.4 Å². The van der Waals surface area contributed by atoms with Crippen molar-refractivity contribution in [1.29, 1.82) is 0 Å². The molecule has 0 aromatic heterocycles. The van der Waals surface area contributed by atoms with Crippen LogP contribution in [0.5, 0.6) is 0 Å². The van der Waals surface area contributed by atoms with Crippen LogP contribution in [0.4, 0.5) is 0 Å². The number of Topliss-reactive ketones (excluding diaryl/α,β-unsaturated/α-hetero) is 1. The number of ether oxygens (including phenoxy) is 4. The molecule has 2 saturated heterocycles. The zero-order valence-electron chi connectivity index (χ0n) is 26.3. The SMILES string of the molecule is CC(C)[C@H](C)[C@H]1OC(C)(C)O[C@@H]1[C@@H](C)[C@H]1CC[C@H]2[C@@H]3CC(=O)[C@]45C[C@@]46OC(C)(C)OC6C[C@]5(C)[C@H]3CC[C@]12C. The number of hydrogen-bond acceptors (Lipinski definition) is 5. The van der Waals surface area contributed by atoms with E-state index in [1.165, 1.54) is 25.7 Å². The van der Waals surface area contributed by atoms with Gasteiger partial charge in [0.1, 0.15) is 11.4 Å². The van der Waals surface area contributed by atoms with Crippen LogP contribution < -0.4 is 0 Å². The van der Waals surface area contributed by atoms with E-state index in [0.29, 0.717) is 47.2 Å². The first-order valence-corrected chi connectivity index (χ1v) is 16.3. The molecule has 2 aliphatic heterocycles. The first-order chi connectivity index (χ1) is 18.0. The lowest BCUT2D eigenvalue weighted by atomic mass is 9.45. The van der Waals surface area contributed by atoms with Gasteiger partial charge < -0.3 is 18.9 Å². The van der Waals surface area contributed by atoms with Gasteiger partial charge in [-0.05, 0) is 118 Å². The van der Waals surface area contributed by atoms with E-state index < -0.39 is 11.6 Å². The lowest BCUT2D eigenvalue weighted by Gasteiger charge is -2.58. The summed E-state index contributed by atoms with van der Waals surface area (Å²) >= 11 is 0. The summed E-state index contributed by atoms with van der Waals surface area (Å²) in [6.07, 6.45) is 7.96. The summed E-state index contributed by atoms with van der Waals surface area (Å²) in [7, 11) is 0. The summed E-state index contributed by atoms with van der Waals surface area (Å²) in [5, 5.41) is 0. The van der Waals surface area contributed by atoms with Crippen molar-refractivity contribution >= 4 is 5.78 Å². The molecule has 39 heavy (non-hydrogen) atoms. The topological polar surface area (TPSA) is 54.0 Å². The molecule has 7 fully saturated rings. The van der Waals surface area contributed by atoms with Gasteiger partial charge in [-0.2, -0.15) is 0 Å². The fourth-order valence-corrected chi connectivity index (χ4v) is 12.3. The third kappa shape index (κ3) is 3.26. The molecule has 5 aliphatic carbocycles. The fourth-order valence-electron chi connectivity index (χ4n) is 12.3. The van der Waals surface area contributed by atoms with Crippen LogP contribution in [-0.4, -0.2) is 41.3 Å². The number of ketones is 1.